The van der Waals surface area contributed by atoms with Crippen LogP contribution in [0.5, 0.6) is 0 Å². The van der Waals surface area contributed by atoms with Crippen LogP contribution < -0.4 is 0 Å². The molecule has 0 aliphatic heterocycles. The summed E-state index contributed by atoms with van der Waals surface area (Å²) in [7, 11) is -3.83. The maximum Gasteiger partial charge on any atom is 0.243 e. The zero-order valence-electron chi connectivity index (χ0n) is 19.0. The molecule has 1 saturated carbocycles. The second-order valence-corrected chi connectivity index (χ2v) is 11.5. The van der Waals surface area contributed by atoms with Crippen LogP contribution in [0, 0.1) is 5.82 Å². The van der Waals surface area contributed by atoms with Crippen LogP contribution in [-0.2, 0) is 27.9 Å². The van der Waals surface area contributed by atoms with Gasteiger partial charge >= 0.3 is 0 Å². The first-order valence-electron chi connectivity index (χ1n) is 11.5. The summed E-state index contributed by atoms with van der Waals surface area (Å²) < 4.78 is 42.1. The molecule has 0 bridgehead atoms. The van der Waals surface area contributed by atoms with Crippen LogP contribution in [0.25, 0.3) is 0 Å². The predicted octanol–water partition coefficient (Wildman–Crippen LogP) is 5.44. The third kappa shape index (κ3) is 6.11. The van der Waals surface area contributed by atoms with Gasteiger partial charge in [-0.3, -0.25) is 4.79 Å². The Morgan fingerprint density at radius 2 is 1.62 bits per heavy atom. The Balaban J connectivity index is 1.61. The number of benzene rings is 2. The lowest BCUT2D eigenvalue weighted by molar-refractivity contribution is -0.133. The molecular weight excluding hydrogens is 471 g/mol. The molecule has 1 amide bonds. The van der Waals surface area contributed by atoms with E-state index in [-0.39, 0.29) is 35.8 Å². The Morgan fingerprint density at radius 1 is 0.912 bits per heavy atom. The molecule has 34 heavy (non-hydrogen) atoms. The zero-order chi connectivity index (χ0) is 24.0. The van der Waals surface area contributed by atoms with Crippen molar-refractivity contribution in [1.82, 2.24) is 9.21 Å². The van der Waals surface area contributed by atoms with E-state index >= 15 is 0 Å². The lowest BCUT2D eigenvalue weighted by Crippen LogP contribution is -2.47. The maximum atomic E-state index is 13.6. The highest BCUT2D eigenvalue weighted by molar-refractivity contribution is 7.89. The zero-order valence-corrected chi connectivity index (χ0v) is 20.6. The number of thiophene rings is 1. The maximum absolute atomic E-state index is 13.6. The lowest BCUT2D eigenvalue weighted by Gasteiger charge is -2.34. The molecule has 3 aromatic rings. The molecule has 0 radical (unpaired) electrons. The van der Waals surface area contributed by atoms with Gasteiger partial charge in [-0.05, 0) is 54.1 Å². The highest BCUT2D eigenvalue weighted by Gasteiger charge is 2.35. The summed E-state index contributed by atoms with van der Waals surface area (Å²) in [4.78, 5) is 16.5. The average Bonchev–Trinajstić information content (AvgIpc) is 3.37. The molecule has 1 aliphatic rings. The molecule has 0 saturated heterocycles. The van der Waals surface area contributed by atoms with E-state index in [1.165, 1.54) is 16.4 Å². The second-order valence-electron chi connectivity index (χ2n) is 8.61. The molecule has 1 aromatic heterocycles. The van der Waals surface area contributed by atoms with Crippen LogP contribution in [0.4, 0.5) is 4.39 Å². The third-order valence-electron chi connectivity index (χ3n) is 6.19. The van der Waals surface area contributed by atoms with Crippen LogP contribution in [0.1, 0.15) is 42.5 Å². The van der Waals surface area contributed by atoms with E-state index in [0.717, 1.165) is 42.5 Å². The molecule has 2 aromatic carbocycles. The van der Waals surface area contributed by atoms with Gasteiger partial charge in [-0.1, -0.05) is 55.7 Å². The van der Waals surface area contributed by atoms with Crippen molar-refractivity contribution < 1.29 is 17.6 Å². The summed E-state index contributed by atoms with van der Waals surface area (Å²) in [5.41, 5.74) is 0.793. The highest BCUT2D eigenvalue weighted by atomic mass is 32.2. The number of sulfonamides is 1. The molecule has 1 aliphatic carbocycles. The van der Waals surface area contributed by atoms with Crippen molar-refractivity contribution >= 4 is 27.3 Å². The minimum Gasteiger partial charge on any atom is -0.332 e. The first-order valence-corrected chi connectivity index (χ1v) is 13.9. The van der Waals surface area contributed by atoms with Gasteiger partial charge in [0.2, 0.25) is 15.9 Å². The van der Waals surface area contributed by atoms with E-state index in [9.17, 15) is 17.6 Å². The normalized spacial score (nSPS) is 14.9. The smallest absolute Gasteiger partial charge is 0.243 e. The fourth-order valence-electron chi connectivity index (χ4n) is 4.37. The van der Waals surface area contributed by atoms with E-state index in [0.29, 0.717) is 6.54 Å². The number of nitrogens with zero attached hydrogens (tertiary/aromatic N) is 2. The topological polar surface area (TPSA) is 57.7 Å². The summed E-state index contributed by atoms with van der Waals surface area (Å²) in [6, 6.07) is 18.1. The first-order chi connectivity index (χ1) is 16.4. The van der Waals surface area contributed by atoms with Gasteiger partial charge in [-0.15, -0.1) is 11.3 Å². The Kier molecular flexibility index (Phi) is 8.13. The summed E-state index contributed by atoms with van der Waals surface area (Å²) in [5, 5.41) is 1.95. The molecule has 4 rings (SSSR count). The third-order valence-corrected chi connectivity index (χ3v) is 8.96. The Bertz CT molecular complexity index is 1160. The van der Waals surface area contributed by atoms with Crippen molar-refractivity contribution in [1.29, 1.82) is 0 Å². The van der Waals surface area contributed by atoms with Crippen molar-refractivity contribution in [3.8, 4) is 0 Å². The molecule has 1 heterocycles. The first kappa shape index (κ1) is 24.6. The van der Waals surface area contributed by atoms with E-state index < -0.39 is 10.0 Å². The number of rotatable bonds is 9. The standard InChI is InChI=1S/C26H29FN2O3S2/c27-22-15-13-21(14-16-22)18-28(19-24-10-7-17-33-24)26(30)20-29(23-8-3-1-4-9-23)34(31,32)25-11-5-2-6-12-25/h2,5-7,10-17,23H,1,3-4,8-9,18-20H2. The molecule has 8 heteroatoms. The van der Waals surface area contributed by atoms with Gasteiger partial charge in [-0.2, -0.15) is 4.31 Å². The average molecular weight is 501 g/mol. The summed E-state index contributed by atoms with van der Waals surface area (Å²) in [6.07, 6.45) is 4.49. The van der Waals surface area contributed by atoms with Crippen molar-refractivity contribution in [2.75, 3.05) is 6.54 Å². The van der Waals surface area contributed by atoms with Gasteiger partial charge in [-0.25, -0.2) is 12.8 Å². The molecule has 0 atom stereocenters. The minimum atomic E-state index is -3.83. The molecule has 5 nitrogen and oxygen atoms in total. The number of amides is 1. The van der Waals surface area contributed by atoms with Crippen LogP contribution in [0.15, 0.2) is 77.0 Å². The molecule has 0 spiro atoms. The van der Waals surface area contributed by atoms with Gasteiger partial charge in [0.15, 0.2) is 0 Å². The molecule has 1 fully saturated rings. The summed E-state index contributed by atoms with van der Waals surface area (Å²) in [6.45, 7) is 0.438. The SMILES string of the molecule is O=C(CN(C1CCCCC1)S(=O)(=O)c1ccccc1)N(Cc1ccc(F)cc1)Cc1cccs1. The van der Waals surface area contributed by atoms with Crippen molar-refractivity contribution in [3.63, 3.8) is 0 Å². The molecule has 180 valence electrons. The van der Waals surface area contributed by atoms with E-state index in [4.69, 9.17) is 0 Å². The molecular formula is C26H29FN2O3S2. The Morgan fingerprint density at radius 3 is 2.26 bits per heavy atom. The summed E-state index contributed by atoms with van der Waals surface area (Å²) in [5.74, 6) is -0.597. The van der Waals surface area contributed by atoms with Crippen LogP contribution in [0.3, 0.4) is 0 Å². The number of hydrogen-bond donors (Lipinski definition) is 0. The van der Waals surface area contributed by atoms with E-state index in [1.54, 1.807) is 58.7 Å². The summed E-state index contributed by atoms with van der Waals surface area (Å²) >= 11 is 1.55. The highest BCUT2D eigenvalue weighted by Crippen LogP contribution is 2.28. The quantitative estimate of drug-likeness (QED) is 0.393. The number of carbonyl (C=O) groups is 1. The minimum absolute atomic E-state index is 0.197. The van der Waals surface area contributed by atoms with Gasteiger partial charge in [0.05, 0.1) is 18.0 Å². The Hall–Kier alpha value is -2.55. The van der Waals surface area contributed by atoms with Crippen molar-refractivity contribution in [3.05, 3.63) is 88.4 Å². The van der Waals surface area contributed by atoms with Crippen LogP contribution >= 0.6 is 11.3 Å². The van der Waals surface area contributed by atoms with Gasteiger partial charge in [0, 0.05) is 17.5 Å². The van der Waals surface area contributed by atoms with Crippen molar-refractivity contribution in [2.24, 2.45) is 0 Å². The van der Waals surface area contributed by atoms with Gasteiger partial charge < -0.3 is 4.90 Å². The number of hydrogen-bond acceptors (Lipinski definition) is 4. The van der Waals surface area contributed by atoms with E-state index in [2.05, 4.69) is 0 Å². The predicted molar refractivity (Wildman–Crippen MR) is 132 cm³/mol. The fourth-order valence-corrected chi connectivity index (χ4v) is 6.75. The monoisotopic (exact) mass is 500 g/mol. The number of halogens is 1. The van der Waals surface area contributed by atoms with Crippen molar-refractivity contribution in [2.45, 2.75) is 56.1 Å². The van der Waals surface area contributed by atoms with Crippen LogP contribution in [0.2, 0.25) is 0 Å². The van der Waals surface area contributed by atoms with E-state index in [1.807, 2.05) is 17.5 Å². The van der Waals surface area contributed by atoms with Gasteiger partial charge in [0.1, 0.15) is 5.82 Å². The molecule has 0 N–H and O–H groups in total. The lowest BCUT2D eigenvalue weighted by atomic mass is 9.95. The molecule has 0 unspecified atom stereocenters. The van der Waals surface area contributed by atoms with Crippen LogP contribution in [-0.4, -0.2) is 36.1 Å². The number of carbonyl (C=O) groups excluding carboxylic acids is 1. The fraction of sp³-hybridized carbons (Fsp3) is 0.346. The van der Waals surface area contributed by atoms with Gasteiger partial charge in [0.25, 0.3) is 0 Å². The largest absolute Gasteiger partial charge is 0.332 e. The Labute approximate surface area is 204 Å². The second kappa shape index (κ2) is 11.3.